The van der Waals surface area contributed by atoms with E-state index in [1.165, 1.54) is 114 Å². The highest BCUT2D eigenvalue weighted by molar-refractivity contribution is 5.90. The van der Waals surface area contributed by atoms with E-state index in [-0.39, 0.29) is 25.2 Å². The molecule has 0 heterocycles. The lowest BCUT2D eigenvalue weighted by Crippen LogP contribution is -2.15. The number of unbranched alkanes of at least 4 members (excludes halogenated alkanes) is 4. The maximum absolute atomic E-state index is 12.5. The average Bonchev–Trinajstić information content (AvgIpc) is 3.04. The van der Waals surface area contributed by atoms with Gasteiger partial charge in [-0.05, 0) is 110 Å². The summed E-state index contributed by atoms with van der Waals surface area (Å²) in [6.07, 6.45) is 21.1. The first-order chi connectivity index (χ1) is 20.6. The van der Waals surface area contributed by atoms with Crippen LogP contribution in [-0.4, -0.2) is 25.2 Å². The Kier molecular flexibility index (Phi) is 13.4. The van der Waals surface area contributed by atoms with Crippen molar-refractivity contribution in [1.82, 2.24) is 0 Å². The molecule has 0 spiro atoms. The molecule has 0 aromatic heterocycles. The second-order valence-electron chi connectivity index (χ2n) is 12.9. The lowest BCUT2D eigenvalue weighted by Gasteiger charge is -2.29. The van der Waals surface area contributed by atoms with Crippen LogP contribution in [0.25, 0.3) is 0 Å². The Morgan fingerprint density at radius 3 is 1.24 bits per heavy atom. The summed E-state index contributed by atoms with van der Waals surface area (Å²) < 4.78 is 10.8. The van der Waals surface area contributed by atoms with Gasteiger partial charge in [-0.15, -0.1) is 0 Å². The number of rotatable bonds is 15. The standard InChI is InChI=1S/C38H54O4/c1-3-5-7-9-29-11-15-31(16-12-29)33-19-23-35(24-20-33)37(39)41-27-28-42-38(40)36-25-21-34(22-26-36)32-17-13-30(14-18-32)10-8-6-4-2/h19-26,29-32H,3-18,27-28H2,1-2H3. The first kappa shape index (κ1) is 32.3. The van der Waals surface area contributed by atoms with Crippen molar-refractivity contribution in [3.8, 4) is 0 Å². The summed E-state index contributed by atoms with van der Waals surface area (Å²) >= 11 is 0. The van der Waals surface area contributed by atoms with Crippen molar-refractivity contribution in [3.63, 3.8) is 0 Å². The van der Waals surface area contributed by atoms with Crippen LogP contribution in [0.3, 0.4) is 0 Å². The number of hydrogen-bond donors (Lipinski definition) is 0. The molecule has 2 saturated carbocycles. The van der Waals surface area contributed by atoms with E-state index in [1.54, 1.807) is 0 Å². The maximum atomic E-state index is 12.5. The monoisotopic (exact) mass is 574 g/mol. The minimum Gasteiger partial charge on any atom is -0.458 e. The summed E-state index contributed by atoms with van der Waals surface area (Å²) in [4.78, 5) is 25.1. The van der Waals surface area contributed by atoms with Crippen molar-refractivity contribution in [2.45, 2.75) is 128 Å². The molecule has 0 N–H and O–H groups in total. The fourth-order valence-electron chi connectivity index (χ4n) is 7.15. The third kappa shape index (κ3) is 9.99. The molecule has 0 amide bonds. The van der Waals surface area contributed by atoms with Crippen molar-refractivity contribution >= 4 is 11.9 Å². The minimum atomic E-state index is -0.373. The molecule has 2 aromatic carbocycles. The summed E-state index contributed by atoms with van der Waals surface area (Å²) in [5.41, 5.74) is 3.75. The Labute approximate surface area is 255 Å². The quantitative estimate of drug-likeness (QED) is 0.157. The van der Waals surface area contributed by atoms with Crippen molar-refractivity contribution in [2.75, 3.05) is 13.2 Å². The van der Waals surface area contributed by atoms with Gasteiger partial charge in [-0.1, -0.05) is 89.5 Å². The van der Waals surface area contributed by atoms with Crippen LogP contribution in [-0.2, 0) is 9.47 Å². The highest BCUT2D eigenvalue weighted by Gasteiger charge is 2.23. The predicted molar refractivity (Wildman–Crippen MR) is 171 cm³/mol. The van der Waals surface area contributed by atoms with Crippen molar-refractivity contribution in [2.24, 2.45) is 11.8 Å². The lowest BCUT2D eigenvalue weighted by atomic mass is 9.77. The van der Waals surface area contributed by atoms with E-state index in [4.69, 9.17) is 9.47 Å². The minimum absolute atomic E-state index is 0.0496. The molecule has 0 radical (unpaired) electrons. The lowest BCUT2D eigenvalue weighted by molar-refractivity contribution is 0.0265. The molecular formula is C38H54O4. The largest absolute Gasteiger partial charge is 0.458 e. The Morgan fingerprint density at radius 2 is 0.905 bits per heavy atom. The molecule has 2 fully saturated rings. The van der Waals surface area contributed by atoms with Gasteiger partial charge in [0, 0.05) is 0 Å². The number of hydrogen-bond acceptors (Lipinski definition) is 4. The van der Waals surface area contributed by atoms with Gasteiger partial charge in [-0.25, -0.2) is 9.59 Å². The zero-order chi connectivity index (χ0) is 29.6. The number of esters is 2. The molecular weight excluding hydrogens is 520 g/mol. The van der Waals surface area contributed by atoms with Gasteiger partial charge >= 0.3 is 11.9 Å². The third-order valence-corrected chi connectivity index (χ3v) is 9.91. The zero-order valence-corrected chi connectivity index (χ0v) is 26.3. The molecule has 0 saturated heterocycles. The highest BCUT2D eigenvalue weighted by atomic mass is 16.6. The van der Waals surface area contributed by atoms with Crippen LogP contribution in [0.15, 0.2) is 48.5 Å². The number of carbonyl (C=O) groups excluding carboxylic acids is 2. The maximum Gasteiger partial charge on any atom is 0.338 e. The van der Waals surface area contributed by atoms with E-state index < -0.39 is 0 Å². The summed E-state index contributed by atoms with van der Waals surface area (Å²) in [7, 11) is 0. The number of benzene rings is 2. The molecule has 4 heteroatoms. The average molecular weight is 575 g/mol. The molecule has 2 aromatic rings. The van der Waals surface area contributed by atoms with Crippen LogP contribution in [0.1, 0.15) is 160 Å². The van der Waals surface area contributed by atoms with Gasteiger partial charge in [-0.3, -0.25) is 0 Å². The van der Waals surface area contributed by atoms with E-state index in [9.17, 15) is 9.59 Å². The third-order valence-electron chi connectivity index (χ3n) is 9.91. The van der Waals surface area contributed by atoms with Gasteiger partial charge in [0.05, 0.1) is 11.1 Å². The molecule has 230 valence electrons. The predicted octanol–water partition coefficient (Wildman–Crippen LogP) is 10.4. The van der Waals surface area contributed by atoms with Gasteiger partial charge in [-0.2, -0.15) is 0 Å². The molecule has 2 aliphatic carbocycles. The van der Waals surface area contributed by atoms with E-state index in [0.717, 1.165) is 11.8 Å². The molecule has 0 bridgehead atoms. The molecule has 4 rings (SSSR count). The normalized spacial score (nSPS) is 22.4. The van der Waals surface area contributed by atoms with Gasteiger partial charge < -0.3 is 9.47 Å². The number of ether oxygens (including phenoxy) is 2. The Bertz CT molecular complexity index is 970. The van der Waals surface area contributed by atoms with E-state index >= 15 is 0 Å². The van der Waals surface area contributed by atoms with Crippen LogP contribution in [0.2, 0.25) is 0 Å². The zero-order valence-electron chi connectivity index (χ0n) is 26.3. The van der Waals surface area contributed by atoms with Crippen LogP contribution >= 0.6 is 0 Å². The van der Waals surface area contributed by atoms with Crippen molar-refractivity contribution in [1.29, 1.82) is 0 Å². The number of carbonyl (C=O) groups is 2. The molecule has 0 unspecified atom stereocenters. The fourth-order valence-corrected chi connectivity index (χ4v) is 7.15. The topological polar surface area (TPSA) is 52.6 Å². The molecule has 0 aliphatic heterocycles. The first-order valence-corrected chi connectivity index (χ1v) is 17.1. The van der Waals surface area contributed by atoms with Crippen LogP contribution in [0.4, 0.5) is 0 Å². The van der Waals surface area contributed by atoms with Crippen molar-refractivity contribution in [3.05, 3.63) is 70.8 Å². The van der Waals surface area contributed by atoms with E-state index in [2.05, 4.69) is 38.1 Å². The smallest absolute Gasteiger partial charge is 0.338 e. The molecule has 0 atom stereocenters. The van der Waals surface area contributed by atoms with Crippen LogP contribution in [0, 0.1) is 11.8 Å². The second-order valence-corrected chi connectivity index (χ2v) is 12.9. The summed E-state index contributed by atoms with van der Waals surface area (Å²) in [6.45, 7) is 4.64. The van der Waals surface area contributed by atoms with E-state index in [1.807, 2.05) is 24.3 Å². The van der Waals surface area contributed by atoms with Gasteiger partial charge in [0.1, 0.15) is 13.2 Å². The van der Waals surface area contributed by atoms with Crippen LogP contribution < -0.4 is 0 Å². The second kappa shape index (κ2) is 17.5. The summed E-state index contributed by atoms with van der Waals surface area (Å²) in [5.74, 6) is 2.24. The SMILES string of the molecule is CCCCCC1CCC(c2ccc(C(=O)OCCOC(=O)c3ccc(C4CCC(CCCCC)CC4)cc3)cc2)CC1. The van der Waals surface area contributed by atoms with Gasteiger partial charge in [0.2, 0.25) is 0 Å². The molecule has 2 aliphatic rings. The first-order valence-electron chi connectivity index (χ1n) is 17.1. The molecule has 4 nitrogen and oxygen atoms in total. The summed E-state index contributed by atoms with van der Waals surface area (Å²) in [5, 5.41) is 0. The Morgan fingerprint density at radius 1 is 0.548 bits per heavy atom. The fraction of sp³-hybridized carbons (Fsp3) is 0.632. The van der Waals surface area contributed by atoms with Gasteiger partial charge in [0.15, 0.2) is 0 Å². The highest BCUT2D eigenvalue weighted by Crippen LogP contribution is 2.39. The van der Waals surface area contributed by atoms with Crippen molar-refractivity contribution < 1.29 is 19.1 Å². The Balaban J connectivity index is 1.12. The Hall–Kier alpha value is -2.62. The van der Waals surface area contributed by atoms with Gasteiger partial charge in [0.25, 0.3) is 0 Å². The molecule has 42 heavy (non-hydrogen) atoms. The summed E-state index contributed by atoms with van der Waals surface area (Å²) in [6, 6.07) is 15.8. The van der Waals surface area contributed by atoms with Crippen LogP contribution in [0.5, 0.6) is 0 Å². The van der Waals surface area contributed by atoms with E-state index in [0.29, 0.717) is 23.0 Å².